The molecule has 0 aromatic rings. The molecular formula is C76H148O17P2. The standard InChI is InChI=1S/C76H148O17P2/c1-7-10-12-14-16-18-20-26-31-35-39-46-52-58-73(78)86-64-71(92-75(80)61-55-49-41-37-33-29-25-23-22-24-28-30-34-38-44-50-56-68(4)5)66-90-94(82,83)88-62-70(77)63-89-95(84,85)91-67-72(65-87-74(79)59-53-47-43-42-45-51-57-69(6)9-3)93-76(81)60-54-48-40-36-32-27-21-19-17-15-13-11-8-2/h68-72,77H,7-67H2,1-6H3,(H,82,83)(H,84,85)/t69?,70-,71-,72-/m1/s1. The maximum atomic E-state index is 13.1. The van der Waals surface area contributed by atoms with Crippen molar-refractivity contribution in [2.75, 3.05) is 39.6 Å². The molecule has 564 valence electrons. The monoisotopic (exact) mass is 1400 g/mol. The number of phosphoric ester groups is 2. The lowest BCUT2D eigenvalue weighted by atomic mass is 10.00. The van der Waals surface area contributed by atoms with Gasteiger partial charge in [0.1, 0.15) is 19.3 Å². The molecule has 0 aromatic carbocycles. The number of unbranched alkanes of at least 4 members (excludes halogenated alkanes) is 44. The minimum Gasteiger partial charge on any atom is -0.462 e. The number of phosphoric acid groups is 2. The van der Waals surface area contributed by atoms with Crippen molar-refractivity contribution in [2.24, 2.45) is 11.8 Å². The Bertz CT molecular complexity index is 1840. The van der Waals surface area contributed by atoms with E-state index in [1.807, 2.05) is 0 Å². The van der Waals surface area contributed by atoms with E-state index in [-0.39, 0.29) is 25.7 Å². The molecule has 0 bridgehead atoms. The van der Waals surface area contributed by atoms with Crippen LogP contribution in [0.1, 0.15) is 395 Å². The molecule has 0 aliphatic heterocycles. The van der Waals surface area contributed by atoms with Crippen molar-refractivity contribution in [1.29, 1.82) is 0 Å². The fraction of sp³-hybridized carbons (Fsp3) is 0.947. The molecule has 95 heavy (non-hydrogen) atoms. The Hall–Kier alpha value is -1.94. The number of hydrogen-bond donors (Lipinski definition) is 3. The van der Waals surface area contributed by atoms with Crippen molar-refractivity contribution < 1.29 is 80.2 Å². The van der Waals surface area contributed by atoms with Gasteiger partial charge in [-0.3, -0.25) is 37.3 Å². The number of esters is 4. The lowest BCUT2D eigenvalue weighted by Gasteiger charge is -2.21. The van der Waals surface area contributed by atoms with Crippen LogP contribution >= 0.6 is 15.6 Å². The molecule has 0 aromatic heterocycles. The normalized spacial score (nSPS) is 14.3. The third-order valence-corrected chi connectivity index (χ3v) is 20.0. The number of aliphatic hydroxyl groups is 1. The number of aliphatic hydroxyl groups excluding tert-OH is 1. The number of carbonyl (C=O) groups is 4. The Morgan fingerprint density at radius 2 is 0.537 bits per heavy atom. The highest BCUT2D eigenvalue weighted by Crippen LogP contribution is 2.45. The molecular weight excluding hydrogens is 1250 g/mol. The Kier molecular flexibility index (Phi) is 66.5. The molecule has 3 N–H and O–H groups in total. The summed E-state index contributed by atoms with van der Waals surface area (Å²) in [6, 6.07) is 0. The van der Waals surface area contributed by atoms with Crippen LogP contribution in [0.3, 0.4) is 0 Å². The van der Waals surface area contributed by atoms with Crippen molar-refractivity contribution >= 4 is 39.5 Å². The van der Waals surface area contributed by atoms with E-state index in [1.54, 1.807) is 0 Å². The highest BCUT2D eigenvalue weighted by Gasteiger charge is 2.30. The van der Waals surface area contributed by atoms with Gasteiger partial charge in [-0.05, 0) is 37.5 Å². The van der Waals surface area contributed by atoms with Crippen LogP contribution in [0.4, 0.5) is 0 Å². The van der Waals surface area contributed by atoms with Crippen LogP contribution < -0.4 is 0 Å². The predicted molar refractivity (Wildman–Crippen MR) is 386 cm³/mol. The molecule has 6 atom stereocenters. The summed E-state index contributed by atoms with van der Waals surface area (Å²) >= 11 is 0. The summed E-state index contributed by atoms with van der Waals surface area (Å²) in [7, 11) is -9.91. The van der Waals surface area contributed by atoms with E-state index in [1.165, 1.54) is 205 Å². The summed E-state index contributed by atoms with van der Waals surface area (Å²) in [5.41, 5.74) is 0. The zero-order valence-electron chi connectivity index (χ0n) is 62.0. The van der Waals surface area contributed by atoms with E-state index in [4.69, 9.17) is 37.0 Å². The molecule has 0 spiro atoms. The van der Waals surface area contributed by atoms with Crippen molar-refractivity contribution in [3.8, 4) is 0 Å². The topological polar surface area (TPSA) is 237 Å². The van der Waals surface area contributed by atoms with Crippen LogP contribution in [-0.2, 0) is 65.4 Å². The van der Waals surface area contributed by atoms with E-state index in [0.717, 1.165) is 108 Å². The van der Waals surface area contributed by atoms with E-state index < -0.39 is 97.5 Å². The van der Waals surface area contributed by atoms with Gasteiger partial charge in [-0.2, -0.15) is 0 Å². The van der Waals surface area contributed by atoms with Gasteiger partial charge < -0.3 is 33.8 Å². The van der Waals surface area contributed by atoms with Gasteiger partial charge in [-0.1, -0.05) is 343 Å². The second-order valence-electron chi connectivity index (χ2n) is 28.1. The van der Waals surface area contributed by atoms with Crippen molar-refractivity contribution in [3.63, 3.8) is 0 Å². The molecule has 0 rings (SSSR count). The summed E-state index contributed by atoms with van der Waals surface area (Å²) in [5, 5.41) is 10.6. The van der Waals surface area contributed by atoms with E-state index in [2.05, 4.69) is 41.5 Å². The van der Waals surface area contributed by atoms with Gasteiger partial charge in [0, 0.05) is 25.7 Å². The van der Waals surface area contributed by atoms with Gasteiger partial charge in [0.2, 0.25) is 0 Å². The minimum absolute atomic E-state index is 0.107. The van der Waals surface area contributed by atoms with Crippen LogP contribution in [0.25, 0.3) is 0 Å². The summed E-state index contributed by atoms with van der Waals surface area (Å²) in [6.07, 6.45) is 55.4. The highest BCUT2D eigenvalue weighted by molar-refractivity contribution is 7.47. The van der Waals surface area contributed by atoms with Crippen LogP contribution in [-0.4, -0.2) is 96.7 Å². The lowest BCUT2D eigenvalue weighted by molar-refractivity contribution is -0.161. The van der Waals surface area contributed by atoms with E-state index in [9.17, 15) is 43.2 Å². The maximum Gasteiger partial charge on any atom is 0.472 e. The molecule has 3 unspecified atom stereocenters. The van der Waals surface area contributed by atoms with Gasteiger partial charge >= 0.3 is 39.5 Å². The molecule has 0 aliphatic rings. The second-order valence-corrected chi connectivity index (χ2v) is 31.0. The lowest BCUT2D eigenvalue weighted by Crippen LogP contribution is -2.30. The highest BCUT2D eigenvalue weighted by atomic mass is 31.2. The van der Waals surface area contributed by atoms with Crippen LogP contribution in [0.5, 0.6) is 0 Å². The molecule has 19 heteroatoms. The Labute approximate surface area is 581 Å². The zero-order valence-corrected chi connectivity index (χ0v) is 63.8. The number of hydrogen-bond acceptors (Lipinski definition) is 15. The fourth-order valence-electron chi connectivity index (χ4n) is 11.6. The quantitative estimate of drug-likeness (QED) is 0.0222. The van der Waals surface area contributed by atoms with E-state index >= 15 is 0 Å². The third kappa shape index (κ3) is 69.0. The summed E-state index contributed by atoms with van der Waals surface area (Å²) in [5.74, 6) is -0.574. The fourth-order valence-corrected chi connectivity index (χ4v) is 13.2. The van der Waals surface area contributed by atoms with Crippen molar-refractivity contribution in [1.82, 2.24) is 0 Å². The molecule has 0 fully saturated rings. The SMILES string of the molecule is CCCCCCCCCCCCCCCC(=O)OC[C@H](COP(=O)(O)OC[C@@H](O)COP(=O)(O)OC[C@@H](COC(=O)CCCCCCCCC(C)CC)OC(=O)CCCCCCCCCCCCCCC)OC(=O)CCCCCCCCCCCCCCCCCCC(C)C. The molecule has 0 saturated carbocycles. The van der Waals surface area contributed by atoms with Gasteiger partial charge in [0.25, 0.3) is 0 Å². The van der Waals surface area contributed by atoms with Gasteiger partial charge in [0.15, 0.2) is 12.2 Å². The second kappa shape index (κ2) is 67.9. The molecule has 17 nitrogen and oxygen atoms in total. The van der Waals surface area contributed by atoms with Gasteiger partial charge in [0.05, 0.1) is 26.4 Å². The summed E-state index contributed by atoms with van der Waals surface area (Å²) < 4.78 is 68.5. The zero-order chi connectivity index (χ0) is 70.0. The smallest absolute Gasteiger partial charge is 0.462 e. The van der Waals surface area contributed by atoms with Crippen LogP contribution in [0.15, 0.2) is 0 Å². The molecule has 0 radical (unpaired) electrons. The largest absolute Gasteiger partial charge is 0.472 e. The van der Waals surface area contributed by atoms with Crippen molar-refractivity contribution in [3.05, 3.63) is 0 Å². The average Bonchev–Trinajstić information content (AvgIpc) is 1.74. The third-order valence-electron chi connectivity index (χ3n) is 18.1. The molecule has 0 amide bonds. The first-order chi connectivity index (χ1) is 45.9. The maximum absolute atomic E-state index is 13.1. The van der Waals surface area contributed by atoms with Crippen LogP contribution in [0, 0.1) is 11.8 Å². The predicted octanol–water partition coefficient (Wildman–Crippen LogP) is 22.3. The molecule has 0 aliphatic carbocycles. The Morgan fingerprint density at radius 3 is 0.800 bits per heavy atom. The summed E-state index contributed by atoms with van der Waals surface area (Å²) in [4.78, 5) is 72.8. The average molecular weight is 1400 g/mol. The van der Waals surface area contributed by atoms with Gasteiger partial charge in [-0.25, -0.2) is 9.13 Å². The first-order valence-corrected chi connectivity index (χ1v) is 42.5. The number of ether oxygens (including phenoxy) is 4. The Morgan fingerprint density at radius 1 is 0.305 bits per heavy atom. The first-order valence-electron chi connectivity index (χ1n) is 39.5. The number of carbonyl (C=O) groups excluding carboxylic acids is 4. The van der Waals surface area contributed by atoms with E-state index in [0.29, 0.717) is 25.7 Å². The minimum atomic E-state index is -4.96. The molecule has 0 saturated heterocycles. The summed E-state index contributed by atoms with van der Waals surface area (Å²) in [6.45, 7) is 9.59. The first kappa shape index (κ1) is 93.1. The Balaban J connectivity index is 5.23. The van der Waals surface area contributed by atoms with Gasteiger partial charge in [-0.15, -0.1) is 0 Å². The molecule has 0 heterocycles. The van der Waals surface area contributed by atoms with Crippen molar-refractivity contribution in [2.45, 2.75) is 413 Å². The van der Waals surface area contributed by atoms with Crippen LogP contribution in [0.2, 0.25) is 0 Å². The number of rotatable bonds is 75.